The molecule has 0 amide bonds. The maximum atomic E-state index is 11.2. The molecule has 0 aromatic carbocycles. The van der Waals surface area contributed by atoms with Gasteiger partial charge in [-0.1, -0.05) is 12.8 Å². The summed E-state index contributed by atoms with van der Waals surface area (Å²) in [4.78, 5) is 13.7. The van der Waals surface area contributed by atoms with Gasteiger partial charge in [-0.2, -0.15) is 0 Å². The van der Waals surface area contributed by atoms with E-state index in [0.717, 1.165) is 31.6 Å². The van der Waals surface area contributed by atoms with Crippen LogP contribution in [-0.4, -0.2) is 30.3 Å². The minimum Gasteiger partial charge on any atom is -0.303 e. The van der Waals surface area contributed by atoms with Gasteiger partial charge in [0.05, 0.1) is 0 Å². The molecule has 0 radical (unpaired) electrons. The van der Waals surface area contributed by atoms with Crippen molar-refractivity contribution in [3.8, 4) is 0 Å². The lowest BCUT2D eigenvalue weighted by Gasteiger charge is -2.32. The van der Waals surface area contributed by atoms with Crippen LogP contribution in [0.5, 0.6) is 0 Å². The predicted molar refractivity (Wildman–Crippen MR) is 61.9 cm³/mol. The van der Waals surface area contributed by atoms with Gasteiger partial charge in [-0.15, -0.1) is 0 Å². The van der Waals surface area contributed by atoms with Crippen LogP contribution in [0.25, 0.3) is 0 Å². The van der Waals surface area contributed by atoms with E-state index in [0.29, 0.717) is 11.8 Å². The zero-order chi connectivity index (χ0) is 10.7. The molecule has 0 N–H and O–H groups in total. The summed E-state index contributed by atoms with van der Waals surface area (Å²) in [6, 6.07) is 0.684. The van der Waals surface area contributed by atoms with Gasteiger partial charge in [0.15, 0.2) is 0 Å². The first-order valence-corrected chi connectivity index (χ1v) is 6.47. The number of hydrogen-bond acceptors (Lipinski definition) is 2. The van der Waals surface area contributed by atoms with E-state index in [4.69, 9.17) is 0 Å². The highest BCUT2D eigenvalue weighted by Crippen LogP contribution is 2.27. The quantitative estimate of drug-likeness (QED) is 0.712. The second-order valence-corrected chi connectivity index (χ2v) is 5.36. The van der Waals surface area contributed by atoms with Gasteiger partial charge < -0.3 is 4.90 Å². The number of carbonyl (C=O) groups excluding carboxylic acids is 1. The summed E-state index contributed by atoms with van der Waals surface area (Å²) in [6.07, 6.45) is 9.55. The SMILES string of the molecule is CN(CC1CCCC1)C1CCC(=O)CC1. The molecule has 0 spiro atoms. The van der Waals surface area contributed by atoms with Crippen LogP contribution in [0.4, 0.5) is 0 Å². The van der Waals surface area contributed by atoms with Crippen LogP contribution in [-0.2, 0) is 4.79 Å². The van der Waals surface area contributed by atoms with E-state index in [9.17, 15) is 4.79 Å². The fraction of sp³-hybridized carbons (Fsp3) is 0.923. The average Bonchev–Trinajstić information content (AvgIpc) is 2.71. The van der Waals surface area contributed by atoms with Gasteiger partial charge in [-0.3, -0.25) is 4.79 Å². The van der Waals surface area contributed by atoms with Gasteiger partial charge in [-0.05, 0) is 38.6 Å². The van der Waals surface area contributed by atoms with Crippen LogP contribution in [0.3, 0.4) is 0 Å². The Morgan fingerprint density at radius 3 is 2.33 bits per heavy atom. The van der Waals surface area contributed by atoms with Gasteiger partial charge in [0.1, 0.15) is 5.78 Å². The Bertz CT molecular complexity index is 211. The normalized spacial score (nSPS) is 25.3. The van der Waals surface area contributed by atoms with Crippen molar-refractivity contribution in [2.45, 2.75) is 57.4 Å². The Balaban J connectivity index is 1.74. The summed E-state index contributed by atoms with van der Waals surface area (Å²) in [5, 5.41) is 0. The molecule has 2 rings (SSSR count). The Morgan fingerprint density at radius 1 is 1.13 bits per heavy atom. The van der Waals surface area contributed by atoms with E-state index in [1.807, 2.05) is 0 Å². The summed E-state index contributed by atoms with van der Waals surface area (Å²) in [5.41, 5.74) is 0. The number of rotatable bonds is 3. The lowest BCUT2D eigenvalue weighted by Crippen LogP contribution is -2.37. The third kappa shape index (κ3) is 3.04. The highest BCUT2D eigenvalue weighted by molar-refractivity contribution is 5.79. The number of Topliss-reactive ketones (excluding diaryl/α,β-unsaturated/α-hetero) is 1. The minimum atomic E-state index is 0.473. The number of ketones is 1. The second kappa shape index (κ2) is 5.11. The van der Waals surface area contributed by atoms with E-state index in [1.54, 1.807) is 0 Å². The minimum absolute atomic E-state index is 0.473. The zero-order valence-corrected chi connectivity index (χ0v) is 9.87. The van der Waals surface area contributed by atoms with Crippen molar-refractivity contribution in [1.82, 2.24) is 4.90 Å². The zero-order valence-electron chi connectivity index (χ0n) is 9.87. The largest absolute Gasteiger partial charge is 0.303 e. The van der Waals surface area contributed by atoms with Crippen LogP contribution in [0.1, 0.15) is 51.4 Å². The first-order chi connectivity index (χ1) is 7.25. The fourth-order valence-corrected chi connectivity index (χ4v) is 3.11. The van der Waals surface area contributed by atoms with E-state index >= 15 is 0 Å². The van der Waals surface area contributed by atoms with E-state index in [-0.39, 0.29) is 0 Å². The monoisotopic (exact) mass is 209 g/mol. The molecule has 2 saturated carbocycles. The van der Waals surface area contributed by atoms with E-state index in [2.05, 4.69) is 11.9 Å². The second-order valence-electron chi connectivity index (χ2n) is 5.36. The van der Waals surface area contributed by atoms with Gasteiger partial charge in [-0.25, -0.2) is 0 Å². The summed E-state index contributed by atoms with van der Waals surface area (Å²) in [5.74, 6) is 1.41. The molecule has 86 valence electrons. The topological polar surface area (TPSA) is 20.3 Å². The van der Waals surface area contributed by atoms with Crippen molar-refractivity contribution in [3.05, 3.63) is 0 Å². The van der Waals surface area contributed by atoms with Crippen LogP contribution < -0.4 is 0 Å². The first-order valence-electron chi connectivity index (χ1n) is 6.47. The molecule has 0 bridgehead atoms. The predicted octanol–water partition coefficient (Wildman–Crippen LogP) is 2.62. The van der Waals surface area contributed by atoms with E-state index in [1.165, 1.54) is 32.2 Å². The molecule has 0 heterocycles. The van der Waals surface area contributed by atoms with E-state index < -0.39 is 0 Å². The lowest BCUT2D eigenvalue weighted by atomic mass is 9.92. The molecule has 2 fully saturated rings. The van der Waals surface area contributed by atoms with Crippen molar-refractivity contribution in [3.63, 3.8) is 0 Å². The van der Waals surface area contributed by atoms with Crippen LogP contribution in [0.15, 0.2) is 0 Å². The smallest absolute Gasteiger partial charge is 0.133 e. The summed E-state index contributed by atoms with van der Waals surface area (Å²) < 4.78 is 0. The number of nitrogens with zero attached hydrogens (tertiary/aromatic N) is 1. The van der Waals surface area contributed by atoms with Gasteiger partial charge in [0.25, 0.3) is 0 Å². The molecule has 0 aromatic rings. The molecule has 15 heavy (non-hydrogen) atoms. The maximum absolute atomic E-state index is 11.2. The van der Waals surface area contributed by atoms with Crippen molar-refractivity contribution >= 4 is 5.78 Å². The molecule has 0 atom stereocenters. The molecule has 0 aliphatic heterocycles. The van der Waals surface area contributed by atoms with Crippen molar-refractivity contribution in [2.75, 3.05) is 13.6 Å². The average molecular weight is 209 g/mol. The van der Waals surface area contributed by atoms with Gasteiger partial charge >= 0.3 is 0 Å². The maximum Gasteiger partial charge on any atom is 0.133 e. The Labute approximate surface area is 93.0 Å². The Morgan fingerprint density at radius 2 is 1.73 bits per heavy atom. The molecule has 0 unspecified atom stereocenters. The highest BCUT2D eigenvalue weighted by atomic mass is 16.1. The van der Waals surface area contributed by atoms with Crippen LogP contribution >= 0.6 is 0 Å². The number of carbonyl (C=O) groups is 1. The van der Waals surface area contributed by atoms with Crippen molar-refractivity contribution in [1.29, 1.82) is 0 Å². The van der Waals surface area contributed by atoms with Crippen molar-refractivity contribution in [2.24, 2.45) is 5.92 Å². The third-order valence-electron chi connectivity index (χ3n) is 4.16. The van der Waals surface area contributed by atoms with Crippen LogP contribution in [0, 0.1) is 5.92 Å². The van der Waals surface area contributed by atoms with Crippen molar-refractivity contribution < 1.29 is 4.79 Å². The lowest BCUT2D eigenvalue weighted by molar-refractivity contribution is -0.121. The molecule has 2 heteroatoms. The molecule has 2 aliphatic carbocycles. The summed E-state index contributed by atoms with van der Waals surface area (Å²) in [6.45, 7) is 1.26. The number of hydrogen-bond donors (Lipinski definition) is 0. The Hall–Kier alpha value is -0.370. The molecule has 2 aliphatic rings. The molecule has 2 nitrogen and oxygen atoms in total. The fourth-order valence-electron chi connectivity index (χ4n) is 3.11. The highest BCUT2D eigenvalue weighted by Gasteiger charge is 2.24. The van der Waals surface area contributed by atoms with Gasteiger partial charge in [0, 0.05) is 25.4 Å². The molecule has 0 aromatic heterocycles. The summed E-state index contributed by atoms with van der Waals surface area (Å²) in [7, 11) is 2.25. The molecular formula is C13H23NO. The Kier molecular flexibility index (Phi) is 3.79. The third-order valence-corrected chi connectivity index (χ3v) is 4.16. The molecule has 0 saturated heterocycles. The van der Waals surface area contributed by atoms with Gasteiger partial charge in [0.2, 0.25) is 0 Å². The summed E-state index contributed by atoms with van der Waals surface area (Å²) >= 11 is 0. The first kappa shape index (κ1) is 11.1. The molecular weight excluding hydrogens is 186 g/mol. The standard InChI is InChI=1S/C13H23NO/c1-14(10-11-4-2-3-5-11)12-6-8-13(15)9-7-12/h11-12H,2-10H2,1H3. The van der Waals surface area contributed by atoms with Crippen LogP contribution in [0.2, 0.25) is 0 Å².